The summed E-state index contributed by atoms with van der Waals surface area (Å²) in [6.07, 6.45) is 1.13. The van der Waals surface area contributed by atoms with Gasteiger partial charge in [0.25, 0.3) is 0 Å². The first-order chi connectivity index (χ1) is 10.8. The van der Waals surface area contributed by atoms with Crippen molar-refractivity contribution < 1.29 is 24.2 Å². The smallest absolute Gasteiger partial charge is 0.320 e. The van der Waals surface area contributed by atoms with Crippen LogP contribution in [-0.4, -0.2) is 34.4 Å². The number of carboxylic acids is 2. The minimum atomic E-state index is -1.19. The zero-order chi connectivity index (χ0) is 17.4. The van der Waals surface area contributed by atoms with Crippen molar-refractivity contribution in [3.8, 4) is 0 Å². The first-order valence-electron chi connectivity index (χ1n) is 7.72. The number of aliphatic carboxylic acids is 2. The van der Waals surface area contributed by atoms with Gasteiger partial charge in [0.1, 0.15) is 12.2 Å². The van der Waals surface area contributed by atoms with Gasteiger partial charge in [-0.15, -0.1) is 0 Å². The first-order valence-corrected chi connectivity index (χ1v) is 7.72. The third-order valence-corrected chi connectivity index (χ3v) is 3.76. The molecular formula is C17H24FNO4. The molecule has 1 unspecified atom stereocenters. The highest BCUT2D eigenvalue weighted by Gasteiger charge is 2.23. The SMILES string of the molecule is CC(F)Cc1ccc(CCC[C@@H](C[C@H](N)C(=O)O)C(=O)O)cc1. The van der Waals surface area contributed by atoms with Gasteiger partial charge in [0.05, 0.1) is 5.92 Å². The molecular weight excluding hydrogens is 301 g/mol. The van der Waals surface area contributed by atoms with Crippen LogP contribution in [0.1, 0.15) is 37.3 Å². The van der Waals surface area contributed by atoms with Crippen LogP contribution in [0.4, 0.5) is 4.39 Å². The standard InChI is InChI=1S/C17H24FNO4/c1-11(18)9-13-7-5-12(6-8-13)3-2-4-14(16(20)21)10-15(19)17(22)23/h5-8,11,14-15H,2-4,9-10,19H2,1H3,(H,20,21)(H,22,23)/t11?,14-,15-/m0/s1. The molecule has 1 aromatic carbocycles. The number of alkyl halides is 1. The van der Waals surface area contributed by atoms with Crippen molar-refractivity contribution in [1.82, 2.24) is 0 Å². The Morgan fingerprint density at radius 1 is 1.13 bits per heavy atom. The number of benzene rings is 1. The number of hydrogen-bond acceptors (Lipinski definition) is 3. The quantitative estimate of drug-likeness (QED) is 0.613. The van der Waals surface area contributed by atoms with E-state index in [2.05, 4.69) is 0 Å². The van der Waals surface area contributed by atoms with Gasteiger partial charge in [0, 0.05) is 6.42 Å². The van der Waals surface area contributed by atoms with Gasteiger partial charge in [0.15, 0.2) is 0 Å². The van der Waals surface area contributed by atoms with E-state index in [0.717, 1.165) is 11.1 Å². The molecule has 0 bridgehead atoms. The molecule has 128 valence electrons. The zero-order valence-corrected chi connectivity index (χ0v) is 13.2. The second kappa shape index (κ2) is 9.25. The Morgan fingerprint density at radius 2 is 1.70 bits per heavy atom. The van der Waals surface area contributed by atoms with Gasteiger partial charge in [0.2, 0.25) is 0 Å². The Kier molecular flexibility index (Phi) is 7.68. The molecule has 0 aromatic heterocycles. The highest BCUT2D eigenvalue weighted by atomic mass is 19.1. The lowest BCUT2D eigenvalue weighted by molar-refractivity contribution is -0.143. The van der Waals surface area contributed by atoms with Crippen LogP contribution < -0.4 is 5.73 Å². The molecule has 0 saturated heterocycles. The molecule has 0 radical (unpaired) electrons. The molecule has 0 saturated carbocycles. The van der Waals surface area contributed by atoms with Crippen molar-refractivity contribution in [1.29, 1.82) is 0 Å². The van der Waals surface area contributed by atoms with Crippen molar-refractivity contribution in [3.63, 3.8) is 0 Å². The second-order valence-electron chi connectivity index (χ2n) is 5.91. The summed E-state index contributed by atoms with van der Waals surface area (Å²) in [5.74, 6) is -2.96. The predicted molar refractivity (Wildman–Crippen MR) is 85.0 cm³/mol. The van der Waals surface area contributed by atoms with Crippen LogP contribution in [0.15, 0.2) is 24.3 Å². The van der Waals surface area contributed by atoms with Gasteiger partial charge < -0.3 is 15.9 Å². The van der Waals surface area contributed by atoms with Crippen molar-refractivity contribution in [3.05, 3.63) is 35.4 Å². The summed E-state index contributed by atoms with van der Waals surface area (Å²) in [7, 11) is 0. The molecule has 0 heterocycles. The number of carboxylic acid groups (broad SMARTS) is 2. The number of halogens is 1. The van der Waals surface area contributed by atoms with Gasteiger partial charge >= 0.3 is 11.9 Å². The fourth-order valence-corrected chi connectivity index (χ4v) is 2.47. The van der Waals surface area contributed by atoms with Gasteiger partial charge in [-0.3, -0.25) is 9.59 Å². The molecule has 0 aliphatic heterocycles. The van der Waals surface area contributed by atoms with Crippen LogP contribution in [0.5, 0.6) is 0 Å². The molecule has 1 aromatic rings. The summed E-state index contributed by atoms with van der Waals surface area (Å²) < 4.78 is 12.9. The molecule has 0 aliphatic rings. The number of aryl methyl sites for hydroxylation is 1. The fourth-order valence-electron chi connectivity index (χ4n) is 2.47. The minimum absolute atomic E-state index is 0.0714. The lowest BCUT2D eigenvalue weighted by Crippen LogP contribution is -2.34. The van der Waals surface area contributed by atoms with E-state index in [1.54, 1.807) is 0 Å². The Morgan fingerprint density at radius 3 is 2.17 bits per heavy atom. The molecule has 23 heavy (non-hydrogen) atoms. The highest BCUT2D eigenvalue weighted by molar-refractivity contribution is 5.75. The zero-order valence-electron chi connectivity index (χ0n) is 13.2. The van der Waals surface area contributed by atoms with E-state index in [1.807, 2.05) is 24.3 Å². The molecule has 0 spiro atoms. The minimum Gasteiger partial charge on any atom is -0.481 e. The van der Waals surface area contributed by atoms with E-state index in [1.165, 1.54) is 6.92 Å². The number of nitrogens with two attached hydrogens (primary N) is 1. The van der Waals surface area contributed by atoms with E-state index in [-0.39, 0.29) is 6.42 Å². The number of carbonyl (C=O) groups is 2. The summed E-state index contributed by atoms with van der Waals surface area (Å²) in [5.41, 5.74) is 7.38. The van der Waals surface area contributed by atoms with Crippen LogP contribution in [0.3, 0.4) is 0 Å². The van der Waals surface area contributed by atoms with E-state index in [4.69, 9.17) is 15.9 Å². The Labute approximate surface area is 135 Å². The fraction of sp³-hybridized carbons (Fsp3) is 0.529. The molecule has 0 fully saturated rings. The largest absolute Gasteiger partial charge is 0.481 e. The van der Waals surface area contributed by atoms with Gasteiger partial charge in [-0.25, -0.2) is 4.39 Å². The number of rotatable bonds is 10. The topological polar surface area (TPSA) is 101 Å². The average molecular weight is 325 g/mol. The maximum Gasteiger partial charge on any atom is 0.320 e. The van der Waals surface area contributed by atoms with Crippen molar-refractivity contribution in [2.45, 2.75) is 51.2 Å². The van der Waals surface area contributed by atoms with Crippen molar-refractivity contribution in [2.24, 2.45) is 11.7 Å². The summed E-state index contributed by atoms with van der Waals surface area (Å²) in [6.45, 7) is 1.52. The van der Waals surface area contributed by atoms with Crippen LogP contribution >= 0.6 is 0 Å². The van der Waals surface area contributed by atoms with Gasteiger partial charge in [-0.2, -0.15) is 0 Å². The third-order valence-electron chi connectivity index (χ3n) is 3.76. The number of hydrogen-bond donors (Lipinski definition) is 3. The van der Waals surface area contributed by atoms with Crippen molar-refractivity contribution >= 4 is 11.9 Å². The van der Waals surface area contributed by atoms with Crippen LogP contribution in [0, 0.1) is 5.92 Å². The molecule has 6 heteroatoms. The van der Waals surface area contributed by atoms with Crippen molar-refractivity contribution in [2.75, 3.05) is 0 Å². The maximum absolute atomic E-state index is 12.9. The first kappa shape index (κ1) is 19.1. The average Bonchev–Trinajstić information content (AvgIpc) is 2.46. The molecule has 4 N–H and O–H groups in total. The van der Waals surface area contributed by atoms with E-state index < -0.39 is 30.1 Å². The summed E-state index contributed by atoms with van der Waals surface area (Å²) in [4.78, 5) is 21.9. The van der Waals surface area contributed by atoms with E-state index in [9.17, 15) is 14.0 Å². The van der Waals surface area contributed by atoms with Crippen LogP contribution in [0.25, 0.3) is 0 Å². The predicted octanol–water partition coefficient (Wildman–Crippen LogP) is 2.41. The second-order valence-corrected chi connectivity index (χ2v) is 5.91. The van der Waals surface area contributed by atoms with E-state index in [0.29, 0.717) is 25.7 Å². The Bertz CT molecular complexity index is 516. The molecule has 3 atom stereocenters. The highest BCUT2D eigenvalue weighted by Crippen LogP contribution is 2.17. The Balaban J connectivity index is 2.46. The molecule has 0 aliphatic carbocycles. The molecule has 0 amide bonds. The molecule has 1 rings (SSSR count). The summed E-state index contributed by atoms with van der Waals surface area (Å²) in [5, 5.41) is 17.9. The van der Waals surface area contributed by atoms with Gasteiger partial charge in [-0.05, 0) is 43.7 Å². The normalized spacial score (nSPS) is 14.9. The Hall–Kier alpha value is -1.95. The lowest BCUT2D eigenvalue weighted by Gasteiger charge is -2.14. The third kappa shape index (κ3) is 7.23. The lowest BCUT2D eigenvalue weighted by atomic mass is 9.93. The van der Waals surface area contributed by atoms with Crippen LogP contribution in [0.2, 0.25) is 0 Å². The van der Waals surface area contributed by atoms with Gasteiger partial charge in [-0.1, -0.05) is 24.3 Å². The monoisotopic (exact) mass is 325 g/mol. The summed E-state index contributed by atoms with van der Waals surface area (Å²) in [6, 6.07) is 6.42. The molecule has 5 nitrogen and oxygen atoms in total. The summed E-state index contributed by atoms with van der Waals surface area (Å²) >= 11 is 0. The van der Waals surface area contributed by atoms with Crippen LogP contribution in [-0.2, 0) is 22.4 Å². The maximum atomic E-state index is 12.9. The van der Waals surface area contributed by atoms with E-state index >= 15 is 0 Å².